The van der Waals surface area contributed by atoms with Gasteiger partial charge >= 0.3 is 6.01 Å². The van der Waals surface area contributed by atoms with Crippen molar-refractivity contribution in [2.75, 3.05) is 11.9 Å². The maximum Gasteiger partial charge on any atom is 0.322 e. The fraction of sp³-hybridized carbons (Fsp3) is 0.583. The second-order valence-corrected chi connectivity index (χ2v) is 4.52. The number of aromatic nitrogens is 3. The molecule has 98 valence electrons. The highest BCUT2D eigenvalue weighted by Gasteiger charge is 2.13. The van der Waals surface area contributed by atoms with Gasteiger partial charge in [0.25, 0.3) is 0 Å². The standard InChI is InChI=1S/C12H17ClN4O/c1-2-8-18-12-16-10(13)15-11(17-12)14-9-6-4-3-5-7-9/h3-4,9H,2,5-8H2,1H3,(H,14,15,16,17). The molecule has 6 heteroatoms. The van der Waals surface area contributed by atoms with Crippen LogP contribution in [0.4, 0.5) is 5.95 Å². The van der Waals surface area contributed by atoms with Crippen molar-refractivity contribution in [1.82, 2.24) is 15.0 Å². The summed E-state index contributed by atoms with van der Waals surface area (Å²) in [5, 5.41) is 3.42. The first-order chi connectivity index (χ1) is 8.78. The Morgan fingerprint density at radius 1 is 1.39 bits per heavy atom. The number of rotatable bonds is 5. The summed E-state index contributed by atoms with van der Waals surface area (Å²) in [6.45, 7) is 2.60. The van der Waals surface area contributed by atoms with Crippen LogP contribution in [0, 0.1) is 0 Å². The Balaban J connectivity index is 2.02. The van der Waals surface area contributed by atoms with Crippen LogP contribution in [-0.4, -0.2) is 27.6 Å². The molecular formula is C12H17ClN4O. The van der Waals surface area contributed by atoms with Crippen molar-refractivity contribution in [1.29, 1.82) is 0 Å². The molecule has 1 aromatic rings. The highest BCUT2D eigenvalue weighted by Crippen LogP contribution is 2.17. The Hall–Kier alpha value is -1.36. The van der Waals surface area contributed by atoms with Crippen molar-refractivity contribution >= 4 is 17.5 Å². The van der Waals surface area contributed by atoms with E-state index in [-0.39, 0.29) is 11.3 Å². The van der Waals surface area contributed by atoms with E-state index in [1.54, 1.807) is 0 Å². The van der Waals surface area contributed by atoms with Crippen molar-refractivity contribution < 1.29 is 4.74 Å². The average molecular weight is 269 g/mol. The molecule has 0 amide bonds. The fourth-order valence-electron chi connectivity index (χ4n) is 1.76. The molecule has 0 radical (unpaired) electrons. The van der Waals surface area contributed by atoms with Gasteiger partial charge in [-0.05, 0) is 37.3 Å². The summed E-state index contributed by atoms with van der Waals surface area (Å²) in [6.07, 6.45) is 8.39. The molecule has 1 N–H and O–H groups in total. The quantitative estimate of drug-likeness (QED) is 0.832. The molecule has 1 aliphatic rings. The molecule has 18 heavy (non-hydrogen) atoms. The van der Waals surface area contributed by atoms with Crippen LogP contribution in [-0.2, 0) is 0 Å². The van der Waals surface area contributed by atoms with Crippen molar-refractivity contribution in [3.05, 3.63) is 17.4 Å². The zero-order chi connectivity index (χ0) is 12.8. The summed E-state index contributed by atoms with van der Waals surface area (Å²) in [5.41, 5.74) is 0. The lowest BCUT2D eigenvalue weighted by Gasteiger charge is -2.19. The van der Waals surface area contributed by atoms with E-state index in [0.717, 1.165) is 25.7 Å². The minimum absolute atomic E-state index is 0.157. The predicted molar refractivity (Wildman–Crippen MR) is 71.0 cm³/mol. The third-order valence-corrected chi connectivity index (χ3v) is 2.79. The third kappa shape index (κ3) is 3.84. The van der Waals surface area contributed by atoms with Crippen LogP contribution in [0.3, 0.4) is 0 Å². The number of allylic oxidation sites excluding steroid dienone is 1. The van der Waals surface area contributed by atoms with Crippen LogP contribution < -0.4 is 10.1 Å². The minimum atomic E-state index is 0.157. The van der Waals surface area contributed by atoms with Gasteiger partial charge in [-0.25, -0.2) is 0 Å². The second kappa shape index (κ2) is 6.54. The number of nitrogens with one attached hydrogen (secondary N) is 1. The van der Waals surface area contributed by atoms with Gasteiger partial charge in [0.05, 0.1) is 6.61 Å². The SMILES string of the molecule is CCCOc1nc(Cl)nc(NC2CC=CCC2)n1. The lowest BCUT2D eigenvalue weighted by Crippen LogP contribution is -2.22. The Morgan fingerprint density at radius 2 is 2.28 bits per heavy atom. The highest BCUT2D eigenvalue weighted by molar-refractivity contribution is 6.28. The molecule has 5 nitrogen and oxygen atoms in total. The molecule has 0 aromatic carbocycles. The Kier molecular flexibility index (Phi) is 4.75. The smallest absolute Gasteiger partial charge is 0.322 e. The normalized spacial score (nSPS) is 18.7. The average Bonchev–Trinajstić information content (AvgIpc) is 2.37. The lowest BCUT2D eigenvalue weighted by molar-refractivity contribution is 0.291. The van der Waals surface area contributed by atoms with Gasteiger partial charge in [0.1, 0.15) is 0 Å². The molecule has 0 aliphatic heterocycles. The van der Waals surface area contributed by atoms with Gasteiger partial charge in [-0.2, -0.15) is 15.0 Å². The van der Waals surface area contributed by atoms with E-state index in [1.807, 2.05) is 6.92 Å². The molecule has 1 aromatic heterocycles. The van der Waals surface area contributed by atoms with Crippen molar-refractivity contribution in [2.45, 2.75) is 38.6 Å². The first-order valence-electron chi connectivity index (χ1n) is 6.24. The zero-order valence-corrected chi connectivity index (χ0v) is 11.2. The van der Waals surface area contributed by atoms with E-state index >= 15 is 0 Å². The number of nitrogens with zero attached hydrogens (tertiary/aromatic N) is 3. The monoisotopic (exact) mass is 268 g/mol. The van der Waals surface area contributed by atoms with E-state index in [0.29, 0.717) is 18.6 Å². The summed E-state index contributed by atoms with van der Waals surface area (Å²) in [4.78, 5) is 12.2. The molecule has 1 unspecified atom stereocenters. The van der Waals surface area contributed by atoms with Crippen molar-refractivity contribution in [2.24, 2.45) is 0 Å². The number of hydrogen-bond donors (Lipinski definition) is 1. The molecule has 2 rings (SSSR count). The molecule has 0 saturated carbocycles. The third-order valence-electron chi connectivity index (χ3n) is 2.63. The van der Waals surface area contributed by atoms with Gasteiger partial charge in [-0.15, -0.1) is 0 Å². The predicted octanol–water partition coefficient (Wildman–Crippen LogP) is 2.83. The summed E-state index contributed by atoms with van der Waals surface area (Å²) in [6, 6.07) is 0.637. The number of anilines is 1. The van der Waals surface area contributed by atoms with E-state index in [4.69, 9.17) is 16.3 Å². The van der Waals surface area contributed by atoms with Crippen molar-refractivity contribution in [3.63, 3.8) is 0 Å². The van der Waals surface area contributed by atoms with Crippen LogP contribution in [0.25, 0.3) is 0 Å². The highest BCUT2D eigenvalue weighted by atomic mass is 35.5. The van der Waals surface area contributed by atoms with Crippen LogP contribution >= 0.6 is 11.6 Å². The molecule has 1 atom stereocenters. The Bertz CT molecular complexity index is 425. The maximum atomic E-state index is 5.85. The van der Waals surface area contributed by atoms with Gasteiger partial charge in [0.2, 0.25) is 11.2 Å². The molecule has 0 saturated heterocycles. The second-order valence-electron chi connectivity index (χ2n) is 4.18. The fourth-order valence-corrected chi connectivity index (χ4v) is 1.91. The van der Waals surface area contributed by atoms with E-state index in [2.05, 4.69) is 32.4 Å². The van der Waals surface area contributed by atoms with E-state index < -0.39 is 0 Å². The Labute approximate surface area is 112 Å². The largest absolute Gasteiger partial charge is 0.463 e. The van der Waals surface area contributed by atoms with Crippen LogP contribution in [0.1, 0.15) is 32.6 Å². The lowest BCUT2D eigenvalue weighted by atomic mass is 10.0. The van der Waals surface area contributed by atoms with E-state index in [9.17, 15) is 0 Å². The van der Waals surface area contributed by atoms with Gasteiger partial charge in [0.15, 0.2) is 0 Å². The van der Waals surface area contributed by atoms with Crippen LogP contribution in [0.5, 0.6) is 6.01 Å². The molecule has 1 aliphatic carbocycles. The van der Waals surface area contributed by atoms with E-state index in [1.165, 1.54) is 0 Å². The summed E-state index contributed by atoms with van der Waals surface area (Å²) < 4.78 is 5.37. The first kappa shape index (κ1) is 13.1. The van der Waals surface area contributed by atoms with Crippen LogP contribution in [0.15, 0.2) is 12.2 Å². The topological polar surface area (TPSA) is 59.9 Å². The maximum absolute atomic E-state index is 5.85. The van der Waals surface area contributed by atoms with Gasteiger partial charge in [-0.3, -0.25) is 0 Å². The zero-order valence-electron chi connectivity index (χ0n) is 10.4. The minimum Gasteiger partial charge on any atom is -0.463 e. The molecule has 1 heterocycles. The summed E-state index contributed by atoms with van der Waals surface area (Å²) in [5.74, 6) is 0.487. The van der Waals surface area contributed by atoms with Gasteiger partial charge in [0, 0.05) is 6.04 Å². The molecular weight excluding hydrogens is 252 g/mol. The number of hydrogen-bond acceptors (Lipinski definition) is 5. The molecule has 0 fully saturated rings. The first-order valence-corrected chi connectivity index (χ1v) is 6.61. The van der Waals surface area contributed by atoms with Gasteiger partial charge < -0.3 is 10.1 Å². The van der Waals surface area contributed by atoms with Gasteiger partial charge in [-0.1, -0.05) is 19.1 Å². The molecule has 0 bridgehead atoms. The summed E-state index contributed by atoms with van der Waals surface area (Å²) >= 11 is 5.85. The van der Waals surface area contributed by atoms with Crippen LogP contribution in [0.2, 0.25) is 5.28 Å². The number of halogens is 1. The summed E-state index contributed by atoms with van der Waals surface area (Å²) in [7, 11) is 0. The van der Waals surface area contributed by atoms with Crippen molar-refractivity contribution in [3.8, 4) is 6.01 Å². The Morgan fingerprint density at radius 3 is 3.00 bits per heavy atom. The molecule has 0 spiro atoms. The number of ether oxygens (including phenoxy) is 1.